The standard InChI is InChI=1S/C30H52N4O5/c1-2-3-6-13-23(38-29-16-9-11-20-36-29)18-19-25-24(14-7-4-5-8-15-28-31-33-34-32-28)26(35)22-27(25)39-30-17-10-12-21-37-30/h18-19,23-27,29-30,35H,2-17,20-22H2,1H3,(H,31,32,33,34). The molecule has 3 aliphatic rings. The van der Waals surface area contributed by atoms with Gasteiger partial charge in [-0.3, -0.25) is 0 Å². The second-order valence-electron chi connectivity index (χ2n) is 11.6. The molecule has 0 amide bonds. The molecule has 222 valence electrons. The van der Waals surface area contributed by atoms with Crippen molar-refractivity contribution in [2.75, 3.05) is 13.2 Å². The molecule has 7 atom stereocenters. The number of nitrogens with zero attached hydrogens (tertiary/aromatic N) is 3. The van der Waals surface area contributed by atoms with Crippen LogP contribution in [0.1, 0.15) is 115 Å². The summed E-state index contributed by atoms with van der Waals surface area (Å²) < 4.78 is 24.8. The molecule has 2 saturated heterocycles. The number of hydrogen-bond acceptors (Lipinski definition) is 8. The lowest BCUT2D eigenvalue weighted by molar-refractivity contribution is -0.193. The SMILES string of the molecule is CCCCCC(C=CC1C(OC2CCCCO2)CC(O)C1CCCCCCc1nn[nH]n1)OC1CCCCO1. The maximum absolute atomic E-state index is 11.2. The van der Waals surface area contributed by atoms with E-state index in [1.54, 1.807) is 0 Å². The van der Waals surface area contributed by atoms with Crippen LogP contribution in [0.2, 0.25) is 0 Å². The second-order valence-corrected chi connectivity index (χ2v) is 11.6. The van der Waals surface area contributed by atoms with E-state index in [-0.39, 0.29) is 42.7 Å². The van der Waals surface area contributed by atoms with Crippen molar-refractivity contribution in [3.05, 3.63) is 18.0 Å². The van der Waals surface area contributed by atoms with E-state index >= 15 is 0 Å². The summed E-state index contributed by atoms with van der Waals surface area (Å²) in [5.74, 6) is 1.13. The van der Waals surface area contributed by atoms with E-state index in [0.717, 1.165) is 103 Å². The number of rotatable bonds is 17. The first kappa shape index (κ1) is 30.6. The number of ether oxygens (including phenoxy) is 4. The Labute approximate surface area is 234 Å². The molecule has 0 aromatic carbocycles. The van der Waals surface area contributed by atoms with Crippen LogP contribution < -0.4 is 0 Å². The molecular formula is C30H52N4O5. The summed E-state index contributed by atoms with van der Waals surface area (Å²) >= 11 is 0. The number of aliphatic hydroxyl groups is 1. The summed E-state index contributed by atoms with van der Waals surface area (Å²) in [7, 11) is 0. The van der Waals surface area contributed by atoms with Gasteiger partial charge < -0.3 is 24.1 Å². The molecule has 7 unspecified atom stereocenters. The molecule has 1 saturated carbocycles. The van der Waals surface area contributed by atoms with Gasteiger partial charge in [-0.2, -0.15) is 5.21 Å². The molecule has 9 nitrogen and oxygen atoms in total. The highest BCUT2D eigenvalue weighted by atomic mass is 16.7. The minimum absolute atomic E-state index is 0.0233. The smallest absolute Gasteiger partial charge is 0.174 e. The Balaban J connectivity index is 1.35. The fourth-order valence-electron chi connectivity index (χ4n) is 6.29. The highest BCUT2D eigenvalue weighted by Gasteiger charge is 2.42. The van der Waals surface area contributed by atoms with Crippen LogP contribution in [0.25, 0.3) is 0 Å². The predicted octanol–water partition coefficient (Wildman–Crippen LogP) is 5.65. The van der Waals surface area contributed by atoms with Crippen molar-refractivity contribution in [1.82, 2.24) is 20.6 Å². The van der Waals surface area contributed by atoms with Crippen molar-refractivity contribution in [2.24, 2.45) is 11.8 Å². The Morgan fingerprint density at radius 1 is 1.00 bits per heavy atom. The van der Waals surface area contributed by atoms with E-state index in [9.17, 15) is 5.11 Å². The third-order valence-corrected chi connectivity index (χ3v) is 8.54. The minimum Gasteiger partial charge on any atom is -0.393 e. The van der Waals surface area contributed by atoms with E-state index in [1.165, 1.54) is 19.3 Å². The zero-order valence-electron chi connectivity index (χ0n) is 24.1. The number of aromatic nitrogens is 4. The van der Waals surface area contributed by atoms with Crippen LogP contribution in [0.4, 0.5) is 0 Å². The third-order valence-electron chi connectivity index (χ3n) is 8.54. The highest BCUT2D eigenvalue weighted by Crippen LogP contribution is 2.40. The first-order chi connectivity index (χ1) is 19.2. The van der Waals surface area contributed by atoms with Gasteiger partial charge in [0.1, 0.15) is 0 Å². The second kappa shape index (κ2) is 17.4. The molecule has 0 spiro atoms. The van der Waals surface area contributed by atoms with Gasteiger partial charge in [0.05, 0.1) is 18.3 Å². The maximum Gasteiger partial charge on any atom is 0.174 e. The molecule has 3 fully saturated rings. The van der Waals surface area contributed by atoms with Crippen molar-refractivity contribution in [3.63, 3.8) is 0 Å². The van der Waals surface area contributed by atoms with Gasteiger partial charge in [0.25, 0.3) is 0 Å². The molecular weight excluding hydrogens is 496 g/mol. The monoisotopic (exact) mass is 548 g/mol. The molecule has 2 aliphatic heterocycles. The van der Waals surface area contributed by atoms with E-state index < -0.39 is 0 Å². The van der Waals surface area contributed by atoms with Gasteiger partial charge >= 0.3 is 0 Å². The van der Waals surface area contributed by atoms with Crippen molar-refractivity contribution in [1.29, 1.82) is 0 Å². The average Bonchev–Trinajstić information content (AvgIpc) is 3.58. The molecule has 1 aromatic heterocycles. The van der Waals surface area contributed by atoms with Crippen LogP contribution in [0.15, 0.2) is 12.2 Å². The van der Waals surface area contributed by atoms with Gasteiger partial charge in [-0.25, -0.2) is 0 Å². The fourth-order valence-corrected chi connectivity index (χ4v) is 6.29. The number of nitrogens with one attached hydrogen (secondary N) is 1. The predicted molar refractivity (Wildman–Crippen MR) is 149 cm³/mol. The van der Waals surface area contributed by atoms with Crippen molar-refractivity contribution in [3.8, 4) is 0 Å². The Hall–Kier alpha value is -1.39. The number of unbranched alkanes of at least 4 members (excludes halogenated alkanes) is 5. The van der Waals surface area contributed by atoms with Crippen molar-refractivity contribution < 1.29 is 24.1 Å². The average molecular weight is 549 g/mol. The molecule has 39 heavy (non-hydrogen) atoms. The van der Waals surface area contributed by atoms with Gasteiger partial charge in [0, 0.05) is 32.0 Å². The Bertz CT molecular complexity index is 782. The van der Waals surface area contributed by atoms with Crippen LogP contribution in [-0.2, 0) is 25.4 Å². The zero-order chi connectivity index (χ0) is 27.1. The lowest BCUT2D eigenvalue weighted by Crippen LogP contribution is -2.31. The first-order valence-corrected chi connectivity index (χ1v) is 15.9. The molecule has 1 aliphatic carbocycles. The lowest BCUT2D eigenvalue weighted by Gasteiger charge is -2.30. The summed E-state index contributed by atoms with van der Waals surface area (Å²) in [6.45, 7) is 3.79. The largest absolute Gasteiger partial charge is 0.393 e. The Kier molecular flexibility index (Phi) is 13.7. The fraction of sp³-hybridized carbons (Fsp3) is 0.900. The normalized spacial score (nSPS) is 30.7. The van der Waals surface area contributed by atoms with Crippen molar-refractivity contribution in [2.45, 2.75) is 147 Å². The van der Waals surface area contributed by atoms with Crippen LogP contribution in [0.3, 0.4) is 0 Å². The summed E-state index contributed by atoms with van der Waals surface area (Å²) in [6, 6.07) is 0. The third kappa shape index (κ3) is 10.5. The van der Waals surface area contributed by atoms with Gasteiger partial charge in [0.15, 0.2) is 18.4 Å². The molecule has 0 bridgehead atoms. The number of aromatic amines is 1. The molecule has 4 rings (SSSR count). The van der Waals surface area contributed by atoms with Crippen LogP contribution in [0, 0.1) is 11.8 Å². The van der Waals surface area contributed by atoms with Gasteiger partial charge in [-0.1, -0.05) is 62.8 Å². The molecule has 9 heteroatoms. The van der Waals surface area contributed by atoms with Gasteiger partial charge in [-0.05, 0) is 63.7 Å². The number of aryl methyl sites for hydroxylation is 1. The Morgan fingerprint density at radius 2 is 1.79 bits per heavy atom. The zero-order valence-corrected chi connectivity index (χ0v) is 24.1. The van der Waals surface area contributed by atoms with E-state index in [1.807, 2.05) is 0 Å². The quantitative estimate of drug-likeness (QED) is 0.190. The molecule has 0 radical (unpaired) electrons. The molecule has 1 aromatic rings. The number of aliphatic hydroxyl groups excluding tert-OH is 1. The summed E-state index contributed by atoms with van der Waals surface area (Å²) in [6.07, 6.45) is 21.9. The van der Waals surface area contributed by atoms with Gasteiger partial charge in [-0.15, -0.1) is 10.2 Å². The molecule has 3 heterocycles. The first-order valence-electron chi connectivity index (χ1n) is 15.9. The number of H-pyrrole nitrogens is 1. The van der Waals surface area contributed by atoms with E-state index in [4.69, 9.17) is 18.9 Å². The summed E-state index contributed by atoms with van der Waals surface area (Å²) in [4.78, 5) is 0. The summed E-state index contributed by atoms with van der Waals surface area (Å²) in [5, 5.41) is 25.4. The highest BCUT2D eigenvalue weighted by molar-refractivity contribution is 5.05. The van der Waals surface area contributed by atoms with E-state index in [0.29, 0.717) is 6.42 Å². The van der Waals surface area contributed by atoms with E-state index in [2.05, 4.69) is 39.7 Å². The van der Waals surface area contributed by atoms with Crippen LogP contribution in [-0.4, -0.2) is 69.8 Å². The number of hydrogen-bond donors (Lipinski definition) is 2. The van der Waals surface area contributed by atoms with Crippen LogP contribution in [0.5, 0.6) is 0 Å². The topological polar surface area (TPSA) is 112 Å². The van der Waals surface area contributed by atoms with Gasteiger partial charge in [0.2, 0.25) is 0 Å². The number of tetrazole rings is 1. The summed E-state index contributed by atoms with van der Waals surface area (Å²) in [5.41, 5.74) is 0. The maximum atomic E-state index is 11.2. The van der Waals surface area contributed by atoms with Crippen LogP contribution >= 0.6 is 0 Å². The molecule has 2 N–H and O–H groups in total. The van der Waals surface area contributed by atoms with Crippen molar-refractivity contribution >= 4 is 0 Å². The minimum atomic E-state index is -0.353. The Morgan fingerprint density at radius 3 is 2.51 bits per heavy atom. The lowest BCUT2D eigenvalue weighted by atomic mass is 9.87.